The van der Waals surface area contributed by atoms with E-state index in [4.69, 9.17) is 4.74 Å². The van der Waals surface area contributed by atoms with E-state index in [0.717, 1.165) is 18.4 Å². The van der Waals surface area contributed by atoms with Gasteiger partial charge in [-0.2, -0.15) is 0 Å². The van der Waals surface area contributed by atoms with E-state index in [2.05, 4.69) is 10.3 Å². The van der Waals surface area contributed by atoms with Crippen LogP contribution in [-0.2, 0) is 18.4 Å². The van der Waals surface area contributed by atoms with Crippen molar-refractivity contribution >= 4 is 12.0 Å². The molecule has 1 fully saturated rings. The SMILES string of the molecule is Cn1cncc1C(=O)NCC1CCN(C(=O)OCc2ccccc2)CC1. The summed E-state index contributed by atoms with van der Waals surface area (Å²) in [6, 6.07) is 9.65. The molecule has 0 radical (unpaired) electrons. The molecule has 3 rings (SSSR count). The summed E-state index contributed by atoms with van der Waals surface area (Å²) in [4.78, 5) is 30.0. The second kappa shape index (κ2) is 8.51. The number of aromatic nitrogens is 2. The molecule has 2 amide bonds. The molecule has 0 unspecified atom stereocenters. The number of likely N-dealkylation sites (tertiary alicyclic amines) is 1. The molecule has 2 aromatic rings. The Morgan fingerprint density at radius 2 is 1.96 bits per heavy atom. The molecule has 0 spiro atoms. The maximum absolute atomic E-state index is 12.2. The van der Waals surface area contributed by atoms with Crippen LogP contribution in [0.2, 0.25) is 0 Å². The van der Waals surface area contributed by atoms with Crippen molar-refractivity contribution in [3.8, 4) is 0 Å². The fourth-order valence-electron chi connectivity index (χ4n) is 3.03. The Kier molecular flexibility index (Phi) is 5.88. The van der Waals surface area contributed by atoms with E-state index in [1.165, 1.54) is 0 Å². The molecule has 2 heterocycles. The van der Waals surface area contributed by atoms with Crippen LogP contribution in [0, 0.1) is 5.92 Å². The van der Waals surface area contributed by atoms with Crippen molar-refractivity contribution in [2.75, 3.05) is 19.6 Å². The number of aryl methyl sites for hydroxylation is 1. The molecular formula is C19H24N4O3. The normalized spacial score (nSPS) is 14.9. The maximum Gasteiger partial charge on any atom is 0.410 e. The van der Waals surface area contributed by atoms with Gasteiger partial charge in [0.2, 0.25) is 0 Å². The van der Waals surface area contributed by atoms with Gasteiger partial charge in [0.1, 0.15) is 12.3 Å². The van der Waals surface area contributed by atoms with Crippen LogP contribution in [0.3, 0.4) is 0 Å². The highest BCUT2D eigenvalue weighted by Crippen LogP contribution is 2.17. The molecule has 0 atom stereocenters. The van der Waals surface area contributed by atoms with Crippen molar-refractivity contribution in [1.29, 1.82) is 0 Å². The van der Waals surface area contributed by atoms with Gasteiger partial charge < -0.3 is 19.5 Å². The lowest BCUT2D eigenvalue weighted by molar-refractivity contribution is 0.0799. The highest BCUT2D eigenvalue weighted by molar-refractivity contribution is 5.92. The summed E-state index contributed by atoms with van der Waals surface area (Å²) in [6.07, 6.45) is 4.60. The van der Waals surface area contributed by atoms with Gasteiger partial charge in [0.05, 0.1) is 12.5 Å². The molecule has 1 N–H and O–H groups in total. The van der Waals surface area contributed by atoms with Crippen LogP contribution in [0.1, 0.15) is 28.9 Å². The average molecular weight is 356 g/mol. The molecule has 1 aromatic heterocycles. The van der Waals surface area contributed by atoms with Crippen LogP contribution >= 0.6 is 0 Å². The molecule has 7 nitrogen and oxygen atoms in total. The monoisotopic (exact) mass is 356 g/mol. The van der Waals surface area contributed by atoms with Gasteiger partial charge in [-0.15, -0.1) is 0 Å². The first-order valence-corrected chi connectivity index (χ1v) is 8.83. The first-order valence-electron chi connectivity index (χ1n) is 8.83. The minimum atomic E-state index is -0.272. The highest BCUT2D eigenvalue weighted by atomic mass is 16.6. The first kappa shape index (κ1) is 18.0. The van der Waals surface area contributed by atoms with Gasteiger partial charge in [-0.1, -0.05) is 30.3 Å². The van der Waals surface area contributed by atoms with Crippen molar-refractivity contribution < 1.29 is 14.3 Å². The zero-order valence-corrected chi connectivity index (χ0v) is 14.9. The smallest absolute Gasteiger partial charge is 0.410 e. The first-order chi connectivity index (χ1) is 12.6. The fraction of sp³-hybridized carbons (Fsp3) is 0.421. The zero-order valence-electron chi connectivity index (χ0n) is 14.9. The Bertz CT molecular complexity index is 736. The average Bonchev–Trinajstić information content (AvgIpc) is 3.11. The number of benzene rings is 1. The van der Waals surface area contributed by atoms with E-state index >= 15 is 0 Å². The predicted octanol–water partition coefficient (Wildman–Crippen LogP) is 2.20. The summed E-state index contributed by atoms with van der Waals surface area (Å²) in [6.45, 7) is 2.21. The number of nitrogens with zero attached hydrogens (tertiary/aromatic N) is 3. The van der Waals surface area contributed by atoms with Gasteiger partial charge in [0.15, 0.2) is 0 Å². The fourth-order valence-corrected chi connectivity index (χ4v) is 3.03. The lowest BCUT2D eigenvalue weighted by Gasteiger charge is -2.31. The van der Waals surface area contributed by atoms with Gasteiger partial charge in [-0.3, -0.25) is 4.79 Å². The second-order valence-electron chi connectivity index (χ2n) is 6.57. The number of imidazole rings is 1. The molecule has 1 aliphatic rings. The molecule has 0 bridgehead atoms. The van der Waals surface area contributed by atoms with E-state index in [1.807, 2.05) is 30.3 Å². The number of hydrogen-bond donors (Lipinski definition) is 1. The molecule has 26 heavy (non-hydrogen) atoms. The Balaban J connectivity index is 1.38. The lowest BCUT2D eigenvalue weighted by atomic mass is 9.97. The lowest BCUT2D eigenvalue weighted by Crippen LogP contribution is -2.41. The van der Waals surface area contributed by atoms with Crippen molar-refractivity contribution in [3.63, 3.8) is 0 Å². The number of ether oxygens (including phenoxy) is 1. The number of nitrogens with one attached hydrogen (secondary N) is 1. The highest BCUT2D eigenvalue weighted by Gasteiger charge is 2.24. The van der Waals surface area contributed by atoms with Crippen LogP contribution in [0.25, 0.3) is 0 Å². The topological polar surface area (TPSA) is 76.5 Å². The number of hydrogen-bond acceptors (Lipinski definition) is 4. The third-order valence-electron chi connectivity index (χ3n) is 4.68. The zero-order chi connectivity index (χ0) is 18.4. The molecule has 1 aliphatic heterocycles. The van der Waals surface area contributed by atoms with Crippen LogP contribution in [0.4, 0.5) is 4.79 Å². The number of rotatable bonds is 5. The van der Waals surface area contributed by atoms with E-state index in [0.29, 0.717) is 37.9 Å². The molecule has 7 heteroatoms. The molecule has 1 aromatic carbocycles. The quantitative estimate of drug-likeness (QED) is 0.891. The Hall–Kier alpha value is -2.83. The van der Waals surface area contributed by atoms with Crippen molar-refractivity contribution in [2.24, 2.45) is 13.0 Å². The van der Waals surface area contributed by atoms with E-state index in [-0.39, 0.29) is 12.0 Å². The third kappa shape index (κ3) is 4.62. The number of piperidine rings is 1. The molecule has 0 saturated carbocycles. The summed E-state index contributed by atoms with van der Waals surface area (Å²) < 4.78 is 7.07. The summed E-state index contributed by atoms with van der Waals surface area (Å²) in [7, 11) is 1.79. The van der Waals surface area contributed by atoms with Crippen molar-refractivity contribution in [2.45, 2.75) is 19.4 Å². The van der Waals surface area contributed by atoms with Gasteiger partial charge in [0, 0.05) is 26.7 Å². The van der Waals surface area contributed by atoms with Crippen molar-refractivity contribution in [1.82, 2.24) is 19.8 Å². The Labute approximate surface area is 153 Å². The van der Waals surface area contributed by atoms with E-state index < -0.39 is 0 Å². The standard InChI is InChI=1S/C19H24N4O3/c1-22-14-20-12-17(22)18(24)21-11-15-7-9-23(10-8-15)19(25)26-13-16-5-3-2-4-6-16/h2-6,12,14-15H,7-11,13H2,1H3,(H,21,24). The van der Waals surface area contributed by atoms with Gasteiger partial charge >= 0.3 is 6.09 Å². The molecule has 138 valence electrons. The van der Waals surface area contributed by atoms with Gasteiger partial charge in [-0.25, -0.2) is 9.78 Å². The maximum atomic E-state index is 12.2. The summed E-state index contributed by atoms with van der Waals surface area (Å²) in [5.41, 5.74) is 1.53. The van der Waals surface area contributed by atoms with Gasteiger partial charge in [0.25, 0.3) is 5.91 Å². The third-order valence-corrected chi connectivity index (χ3v) is 4.68. The van der Waals surface area contributed by atoms with Crippen LogP contribution in [0.15, 0.2) is 42.9 Å². The van der Waals surface area contributed by atoms with Gasteiger partial charge in [-0.05, 0) is 24.3 Å². The van der Waals surface area contributed by atoms with Crippen LogP contribution in [-0.4, -0.2) is 46.1 Å². The number of carbonyl (C=O) groups excluding carboxylic acids is 2. The van der Waals surface area contributed by atoms with E-state index in [1.54, 1.807) is 29.0 Å². The van der Waals surface area contributed by atoms with Crippen LogP contribution in [0.5, 0.6) is 0 Å². The van der Waals surface area contributed by atoms with E-state index in [9.17, 15) is 9.59 Å². The Morgan fingerprint density at radius 3 is 2.62 bits per heavy atom. The summed E-state index contributed by atoms with van der Waals surface area (Å²) in [5.74, 6) is 0.250. The summed E-state index contributed by atoms with van der Waals surface area (Å²) >= 11 is 0. The minimum Gasteiger partial charge on any atom is -0.445 e. The predicted molar refractivity (Wildman–Crippen MR) is 96.5 cm³/mol. The largest absolute Gasteiger partial charge is 0.445 e. The molecule has 0 aliphatic carbocycles. The second-order valence-corrected chi connectivity index (χ2v) is 6.57. The molecular weight excluding hydrogens is 332 g/mol. The minimum absolute atomic E-state index is 0.116. The number of carbonyl (C=O) groups is 2. The van der Waals surface area contributed by atoms with Crippen molar-refractivity contribution in [3.05, 3.63) is 54.1 Å². The number of amides is 2. The Morgan fingerprint density at radius 1 is 1.23 bits per heavy atom. The summed E-state index contributed by atoms with van der Waals surface area (Å²) in [5, 5.41) is 2.95. The molecule has 1 saturated heterocycles. The van der Waals surface area contributed by atoms with Crippen LogP contribution < -0.4 is 5.32 Å².